The van der Waals surface area contributed by atoms with E-state index in [-0.39, 0.29) is 18.6 Å². The third-order valence-corrected chi connectivity index (χ3v) is 2.96. The van der Waals surface area contributed by atoms with Gasteiger partial charge >= 0.3 is 12.0 Å². The first-order chi connectivity index (χ1) is 9.40. The van der Waals surface area contributed by atoms with E-state index in [1.165, 1.54) is 10.5 Å². The maximum absolute atomic E-state index is 11.9. The van der Waals surface area contributed by atoms with Crippen molar-refractivity contribution in [1.29, 1.82) is 0 Å². The van der Waals surface area contributed by atoms with Crippen molar-refractivity contribution in [3.05, 3.63) is 35.4 Å². The van der Waals surface area contributed by atoms with E-state index in [1.807, 2.05) is 25.1 Å². The maximum Gasteiger partial charge on any atom is 0.323 e. The van der Waals surface area contributed by atoms with E-state index in [0.717, 1.165) is 12.0 Å². The number of hydrogen-bond donors (Lipinski definition) is 2. The quantitative estimate of drug-likeness (QED) is 0.836. The Labute approximate surface area is 119 Å². The monoisotopic (exact) mass is 278 g/mol. The van der Waals surface area contributed by atoms with Crippen LogP contribution in [0.1, 0.15) is 25.0 Å². The molecule has 0 heterocycles. The lowest BCUT2D eigenvalue weighted by Crippen LogP contribution is -2.46. The molecule has 0 aliphatic heterocycles. The molecule has 0 radical (unpaired) electrons. The van der Waals surface area contributed by atoms with Gasteiger partial charge in [-0.2, -0.15) is 0 Å². The molecule has 0 spiro atoms. The third-order valence-electron chi connectivity index (χ3n) is 2.96. The first kappa shape index (κ1) is 16.0. The molecule has 0 saturated carbocycles. The van der Waals surface area contributed by atoms with Crippen LogP contribution in [0.5, 0.6) is 0 Å². The number of carbonyl (C=O) groups excluding carboxylic acids is 1. The summed E-state index contributed by atoms with van der Waals surface area (Å²) in [6.45, 7) is 5.82. The van der Waals surface area contributed by atoms with Gasteiger partial charge in [-0.1, -0.05) is 29.8 Å². The molecule has 1 aromatic rings. The van der Waals surface area contributed by atoms with Crippen LogP contribution in [0.3, 0.4) is 0 Å². The SMILES string of the molecule is Cc1cccc(CCNC(=O)N(CC(=O)O)C(C)C)c1. The first-order valence-corrected chi connectivity index (χ1v) is 6.72. The normalized spacial score (nSPS) is 10.4. The fraction of sp³-hybridized carbons (Fsp3) is 0.467. The molecular weight excluding hydrogens is 256 g/mol. The van der Waals surface area contributed by atoms with Crippen molar-refractivity contribution in [2.24, 2.45) is 0 Å². The lowest BCUT2D eigenvalue weighted by atomic mass is 10.1. The van der Waals surface area contributed by atoms with E-state index >= 15 is 0 Å². The van der Waals surface area contributed by atoms with Gasteiger partial charge in [0.2, 0.25) is 0 Å². The molecular formula is C15H22N2O3. The van der Waals surface area contributed by atoms with Crippen molar-refractivity contribution in [3.63, 3.8) is 0 Å². The van der Waals surface area contributed by atoms with Gasteiger partial charge in [0.15, 0.2) is 0 Å². The van der Waals surface area contributed by atoms with Gasteiger partial charge in [-0.15, -0.1) is 0 Å². The van der Waals surface area contributed by atoms with Gasteiger partial charge in [-0.3, -0.25) is 4.79 Å². The van der Waals surface area contributed by atoms with E-state index in [9.17, 15) is 9.59 Å². The number of aryl methyl sites for hydroxylation is 1. The molecule has 0 saturated heterocycles. The van der Waals surface area contributed by atoms with Gasteiger partial charge in [-0.25, -0.2) is 4.79 Å². The van der Waals surface area contributed by atoms with Crippen molar-refractivity contribution in [1.82, 2.24) is 10.2 Å². The average Bonchev–Trinajstić information content (AvgIpc) is 2.35. The molecule has 5 nitrogen and oxygen atoms in total. The van der Waals surface area contributed by atoms with Crippen molar-refractivity contribution in [3.8, 4) is 0 Å². The number of nitrogens with one attached hydrogen (secondary N) is 1. The lowest BCUT2D eigenvalue weighted by molar-refractivity contribution is -0.138. The first-order valence-electron chi connectivity index (χ1n) is 6.72. The Morgan fingerprint density at radius 2 is 2.05 bits per heavy atom. The Kier molecular flexibility index (Phi) is 6.03. The Morgan fingerprint density at radius 3 is 2.60 bits per heavy atom. The van der Waals surface area contributed by atoms with Crippen molar-refractivity contribution >= 4 is 12.0 Å². The smallest absolute Gasteiger partial charge is 0.323 e. The Balaban J connectivity index is 2.47. The van der Waals surface area contributed by atoms with E-state index < -0.39 is 5.97 Å². The van der Waals surface area contributed by atoms with Crippen LogP contribution >= 0.6 is 0 Å². The highest BCUT2D eigenvalue weighted by atomic mass is 16.4. The lowest BCUT2D eigenvalue weighted by Gasteiger charge is -2.25. The van der Waals surface area contributed by atoms with Crippen molar-refractivity contribution < 1.29 is 14.7 Å². The molecule has 20 heavy (non-hydrogen) atoms. The molecule has 110 valence electrons. The van der Waals surface area contributed by atoms with Crippen LogP contribution in [-0.4, -0.2) is 41.1 Å². The number of benzene rings is 1. The highest BCUT2D eigenvalue weighted by Crippen LogP contribution is 2.04. The highest BCUT2D eigenvalue weighted by molar-refractivity contribution is 5.80. The number of carbonyl (C=O) groups is 2. The standard InChI is InChI=1S/C15H22N2O3/c1-11(2)17(10-14(18)19)15(20)16-8-7-13-6-4-5-12(3)9-13/h4-6,9,11H,7-8,10H2,1-3H3,(H,16,20)(H,18,19). The van der Waals surface area contributed by atoms with Crippen LogP contribution in [-0.2, 0) is 11.2 Å². The van der Waals surface area contributed by atoms with Gasteiger partial charge < -0.3 is 15.3 Å². The van der Waals surface area contributed by atoms with Crippen molar-refractivity contribution in [2.75, 3.05) is 13.1 Å². The number of nitrogens with zero attached hydrogens (tertiary/aromatic N) is 1. The second-order valence-electron chi connectivity index (χ2n) is 5.09. The van der Waals surface area contributed by atoms with Crippen LogP contribution in [0.4, 0.5) is 4.79 Å². The Hall–Kier alpha value is -2.04. The van der Waals surface area contributed by atoms with Crippen LogP contribution in [0.2, 0.25) is 0 Å². The predicted octanol–water partition coefficient (Wildman–Crippen LogP) is 2.04. The van der Waals surface area contributed by atoms with E-state index in [4.69, 9.17) is 5.11 Å². The molecule has 0 unspecified atom stereocenters. The number of amides is 2. The predicted molar refractivity (Wildman–Crippen MR) is 77.8 cm³/mol. The minimum Gasteiger partial charge on any atom is -0.480 e. The number of carboxylic acid groups (broad SMARTS) is 1. The molecule has 2 N–H and O–H groups in total. The van der Waals surface area contributed by atoms with Gasteiger partial charge in [0.1, 0.15) is 6.54 Å². The van der Waals surface area contributed by atoms with Crippen LogP contribution in [0.15, 0.2) is 24.3 Å². The molecule has 0 aromatic heterocycles. The summed E-state index contributed by atoms with van der Waals surface area (Å²) in [5.41, 5.74) is 2.34. The zero-order valence-corrected chi connectivity index (χ0v) is 12.2. The van der Waals surface area contributed by atoms with E-state index in [2.05, 4.69) is 11.4 Å². The third kappa shape index (κ3) is 5.30. The molecule has 0 aliphatic carbocycles. The maximum atomic E-state index is 11.9. The van der Waals surface area contributed by atoms with Gasteiger partial charge in [-0.05, 0) is 32.8 Å². The van der Waals surface area contributed by atoms with Crippen molar-refractivity contribution in [2.45, 2.75) is 33.2 Å². The zero-order chi connectivity index (χ0) is 15.1. The Bertz CT molecular complexity index is 472. The Morgan fingerprint density at radius 1 is 1.35 bits per heavy atom. The number of urea groups is 1. The molecule has 0 bridgehead atoms. The van der Waals surface area contributed by atoms with E-state index in [0.29, 0.717) is 6.54 Å². The van der Waals surface area contributed by atoms with Gasteiger partial charge in [0, 0.05) is 12.6 Å². The minimum absolute atomic E-state index is 0.148. The molecule has 1 rings (SSSR count). The van der Waals surface area contributed by atoms with Crippen LogP contribution < -0.4 is 5.32 Å². The topological polar surface area (TPSA) is 69.6 Å². The van der Waals surface area contributed by atoms with Gasteiger partial charge in [0.25, 0.3) is 0 Å². The molecule has 0 fully saturated rings. The summed E-state index contributed by atoms with van der Waals surface area (Å²) in [4.78, 5) is 24.0. The largest absolute Gasteiger partial charge is 0.480 e. The fourth-order valence-electron chi connectivity index (χ4n) is 1.92. The average molecular weight is 278 g/mol. The molecule has 5 heteroatoms. The number of rotatable bonds is 6. The second kappa shape index (κ2) is 7.53. The minimum atomic E-state index is -1.01. The van der Waals surface area contributed by atoms with Crippen LogP contribution in [0, 0.1) is 6.92 Å². The van der Waals surface area contributed by atoms with E-state index in [1.54, 1.807) is 13.8 Å². The summed E-state index contributed by atoms with van der Waals surface area (Å²) in [6, 6.07) is 7.60. The summed E-state index contributed by atoms with van der Waals surface area (Å²) in [7, 11) is 0. The van der Waals surface area contributed by atoms with Crippen LogP contribution in [0.25, 0.3) is 0 Å². The van der Waals surface area contributed by atoms with Gasteiger partial charge in [0.05, 0.1) is 0 Å². The molecule has 2 amide bonds. The summed E-state index contributed by atoms with van der Waals surface area (Å²) in [5.74, 6) is -1.01. The zero-order valence-electron chi connectivity index (χ0n) is 12.2. The second-order valence-corrected chi connectivity index (χ2v) is 5.09. The highest BCUT2D eigenvalue weighted by Gasteiger charge is 2.19. The summed E-state index contributed by atoms with van der Waals surface area (Å²) < 4.78 is 0. The number of hydrogen-bond acceptors (Lipinski definition) is 2. The molecule has 0 aliphatic rings. The number of carboxylic acids is 1. The summed E-state index contributed by atoms with van der Waals surface area (Å²) in [5, 5.41) is 11.6. The summed E-state index contributed by atoms with van der Waals surface area (Å²) >= 11 is 0. The summed E-state index contributed by atoms with van der Waals surface area (Å²) in [6.07, 6.45) is 0.729. The fourth-order valence-corrected chi connectivity index (χ4v) is 1.92. The molecule has 0 atom stereocenters. The molecule has 1 aromatic carbocycles. The number of aliphatic carboxylic acids is 1.